The van der Waals surface area contributed by atoms with E-state index in [2.05, 4.69) is 4.52 Å². The second-order valence-electron chi connectivity index (χ2n) is 9.64. The van der Waals surface area contributed by atoms with Gasteiger partial charge in [-0.1, -0.05) is 48.5 Å². The van der Waals surface area contributed by atoms with Crippen molar-refractivity contribution in [2.24, 2.45) is 16.2 Å². The zero-order valence-electron chi connectivity index (χ0n) is 21.3. The predicted molar refractivity (Wildman–Crippen MR) is 127 cm³/mol. The van der Waals surface area contributed by atoms with Crippen molar-refractivity contribution >= 4 is 23.5 Å². The van der Waals surface area contributed by atoms with Crippen LogP contribution >= 0.6 is 23.5 Å². The van der Waals surface area contributed by atoms with E-state index in [1.807, 2.05) is 41.5 Å². The van der Waals surface area contributed by atoms with Gasteiger partial charge in [0.2, 0.25) is 0 Å². The highest BCUT2D eigenvalue weighted by Crippen LogP contribution is 2.50. The van der Waals surface area contributed by atoms with Crippen LogP contribution in [0.25, 0.3) is 0 Å². The Morgan fingerprint density at radius 2 is 0.735 bits per heavy atom. The fourth-order valence-electron chi connectivity index (χ4n) is 2.30. The Kier molecular flexibility index (Phi) is 13.9. The molecule has 0 aliphatic rings. The maximum Gasteiger partial charge on any atom is 0.472 e. The monoisotopic (exact) mass is 556 g/mol. The molecule has 0 aromatic carbocycles. The van der Waals surface area contributed by atoms with Gasteiger partial charge < -0.3 is 19.6 Å². The molecule has 0 radical (unpaired) electrons. The summed E-state index contributed by atoms with van der Waals surface area (Å²) in [5.41, 5.74) is -2.20. The number of hydrogen-bond acceptors (Lipinski definition) is 8. The second-order valence-corrected chi connectivity index (χ2v) is 13.8. The van der Waals surface area contributed by atoms with E-state index in [1.54, 1.807) is 0 Å². The molecule has 0 amide bonds. The summed E-state index contributed by atoms with van der Waals surface area (Å²) in [5, 5.41) is 0. The van der Waals surface area contributed by atoms with Crippen LogP contribution in [0.2, 0.25) is 0 Å². The van der Waals surface area contributed by atoms with Gasteiger partial charge in [0.15, 0.2) is 0 Å². The van der Waals surface area contributed by atoms with E-state index in [-0.39, 0.29) is 24.0 Å². The molecule has 15 heteroatoms. The molecule has 0 aromatic rings. The molecular formula is C19H43O12P3. The minimum absolute atomic E-state index is 0.0483. The lowest BCUT2D eigenvalue weighted by atomic mass is 9.86. The van der Waals surface area contributed by atoms with Crippen LogP contribution in [0.1, 0.15) is 74.1 Å². The quantitative estimate of drug-likeness (QED) is 0.156. The largest absolute Gasteiger partial charge is 0.472 e. The Bertz CT molecular complexity index is 699. The fourth-order valence-corrected chi connectivity index (χ4v) is 4.83. The van der Waals surface area contributed by atoms with Crippen LogP contribution in [-0.4, -0.2) is 52.6 Å². The summed E-state index contributed by atoms with van der Waals surface area (Å²) in [6.07, 6.45) is 2.80. The molecule has 0 saturated heterocycles. The summed E-state index contributed by atoms with van der Waals surface area (Å²) in [6.45, 7) is 10.7. The molecule has 206 valence electrons. The third-order valence-electron chi connectivity index (χ3n) is 6.30. The first-order valence-electron chi connectivity index (χ1n) is 11.2. The van der Waals surface area contributed by atoms with Gasteiger partial charge in [-0.3, -0.25) is 22.6 Å². The number of rotatable bonds is 19. The van der Waals surface area contributed by atoms with Gasteiger partial charge in [0.25, 0.3) is 0 Å². The first kappa shape index (κ1) is 34.3. The van der Waals surface area contributed by atoms with Crippen LogP contribution in [0.5, 0.6) is 0 Å². The second kappa shape index (κ2) is 13.8. The van der Waals surface area contributed by atoms with E-state index < -0.39 is 48.7 Å². The van der Waals surface area contributed by atoms with E-state index in [0.29, 0.717) is 25.7 Å². The Morgan fingerprint density at radius 1 is 0.500 bits per heavy atom. The molecule has 0 rings (SSSR count). The van der Waals surface area contributed by atoms with Crippen molar-refractivity contribution in [2.75, 3.05) is 33.0 Å². The third-order valence-corrected chi connectivity index (χ3v) is 8.59. The Morgan fingerprint density at radius 3 is 0.971 bits per heavy atom. The topological polar surface area (TPSA) is 178 Å². The van der Waals surface area contributed by atoms with Crippen molar-refractivity contribution in [1.82, 2.24) is 0 Å². The standard InChI is InChI=1S/C19H43O12P3/c1-8-17(5,9-2)12-28-33(23,24)30-15-19(7,14-27-32(20,21)22)16-31-34(25,26)29-13-18(6,10-3)11-4/h8-16H2,1-7H3,(H,23,24)(H,25,26)(H2,20,21,22). The van der Waals surface area contributed by atoms with Crippen molar-refractivity contribution < 1.29 is 55.9 Å². The number of phosphoric ester groups is 3. The predicted octanol–water partition coefficient (Wildman–Crippen LogP) is 5.02. The van der Waals surface area contributed by atoms with Gasteiger partial charge in [-0.25, -0.2) is 13.7 Å². The van der Waals surface area contributed by atoms with Crippen molar-refractivity contribution in [1.29, 1.82) is 0 Å². The highest BCUT2D eigenvalue weighted by molar-refractivity contribution is 7.47. The Balaban J connectivity index is 5.28. The summed E-state index contributed by atoms with van der Waals surface area (Å²) in [5.74, 6) is 0. The molecule has 0 bridgehead atoms. The maximum atomic E-state index is 12.4. The maximum absolute atomic E-state index is 12.4. The van der Waals surface area contributed by atoms with Gasteiger partial charge in [-0.15, -0.1) is 0 Å². The van der Waals surface area contributed by atoms with Gasteiger partial charge in [0.05, 0.1) is 33.0 Å². The van der Waals surface area contributed by atoms with Gasteiger partial charge in [0, 0.05) is 5.41 Å². The van der Waals surface area contributed by atoms with Gasteiger partial charge in [-0.05, 0) is 36.5 Å². The number of hydrogen-bond donors (Lipinski definition) is 4. The molecule has 12 nitrogen and oxygen atoms in total. The Hall–Kier alpha value is 0.330. The minimum Gasteiger partial charge on any atom is -0.303 e. The zero-order chi connectivity index (χ0) is 26.9. The lowest BCUT2D eigenvalue weighted by molar-refractivity contribution is 0.00173. The van der Waals surface area contributed by atoms with E-state index in [4.69, 9.17) is 27.9 Å². The molecule has 2 atom stereocenters. The summed E-state index contributed by atoms with van der Waals surface area (Å²) in [4.78, 5) is 38.2. The first-order valence-corrected chi connectivity index (χ1v) is 15.7. The minimum atomic E-state index is -4.91. The molecule has 0 aromatic heterocycles. The number of phosphoric acid groups is 3. The lowest BCUT2D eigenvalue weighted by Gasteiger charge is -2.32. The molecular weight excluding hydrogens is 513 g/mol. The van der Waals surface area contributed by atoms with Crippen LogP contribution in [-0.2, 0) is 36.3 Å². The van der Waals surface area contributed by atoms with Crippen molar-refractivity contribution in [3.63, 3.8) is 0 Å². The summed E-state index contributed by atoms with van der Waals surface area (Å²) >= 11 is 0. The SMILES string of the molecule is CCC(C)(CC)COP(=O)(O)OCC(C)(COP(=O)(O)O)COP(=O)(O)OCC(C)(CC)CC. The molecule has 2 unspecified atom stereocenters. The molecule has 0 saturated carbocycles. The van der Waals surface area contributed by atoms with Gasteiger partial charge in [0.1, 0.15) is 0 Å². The van der Waals surface area contributed by atoms with Crippen LogP contribution < -0.4 is 0 Å². The van der Waals surface area contributed by atoms with Crippen LogP contribution in [0, 0.1) is 16.2 Å². The van der Waals surface area contributed by atoms with Crippen molar-refractivity contribution in [3.8, 4) is 0 Å². The molecule has 4 N–H and O–H groups in total. The summed E-state index contributed by atoms with van der Waals surface area (Å²) < 4.78 is 60.6. The third kappa shape index (κ3) is 14.2. The van der Waals surface area contributed by atoms with Crippen LogP contribution in [0.3, 0.4) is 0 Å². The molecule has 0 heterocycles. The van der Waals surface area contributed by atoms with Crippen molar-refractivity contribution in [2.45, 2.75) is 74.1 Å². The lowest BCUT2D eigenvalue weighted by Crippen LogP contribution is -2.34. The first-order chi connectivity index (χ1) is 15.3. The van der Waals surface area contributed by atoms with Crippen LogP contribution in [0.4, 0.5) is 0 Å². The zero-order valence-corrected chi connectivity index (χ0v) is 23.9. The van der Waals surface area contributed by atoms with E-state index in [0.717, 1.165) is 0 Å². The normalized spacial score (nSPS) is 18.8. The molecule has 0 fully saturated rings. The molecule has 0 spiro atoms. The Labute approximate surface area is 203 Å². The fraction of sp³-hybridized carbons (Fsp3) is 1.00. The summed E-state index contributed by atoms with van der Waals surface area (Å²) in [6, 6.07) is 0. The highest BCUT2D eigenvalue weighted by Gasteiger charge is 2.38. The van der Waals surface area contributed by atoms with E-state index in [9.17, 15) is 23.5 Å². The van der Waals surface area contributed by atoms with E-state index in [1.165, 1.54) is 6.92 Å². The highest BCUT2D eigenvalue weighted by atomic mass is 31.2. The van der Waals surface area contributed by atoms with Gasteiger partial charge in [-0.2, -0.15) is 0 Å². The van der Waals surface area contributed by atoms with Crippen LogP contribution in [0.15, 0.2) is 0 Å². The average Bonchev–Trinajstić information content (AvgIpc) is 2.77. The summed E-state index contributed by atoms with van der Waals surface area (Å²) in [7, 11) is -14.0. The average molecular weight is 556 g/mol. The van der Waals surface area contributed by atoms with Crippen molar-refractivity contribution in [3.05, 3.63) is 0 Å². The van der Waals surface area contributed by atoms with Gasteiger partial charge >= 0.3 is 23.5 Å². The molecule has 0 aliphatic carbocycles. The molecule has 0 aliphatic heterocycles. The van der Waals surface area contributed by atoms with E-state index >= 15 is 0 Å². The smallest absolute Gasteiger partial charge is 0.303 e. The molecule has 34 heavy (non-hydrogen) atoms.